The van der Waals surface area contributed by atoms with Crippen molar-refractivity contribution >= 4 is 22.6 Å². The van der Waals surface area contributed by atoms with Crippen LogP contribution in [0.3, 0.4) is 0 Å². The molecule has 1 aromatic carbocycles. The van der Waals surface area contributed by atoms with Gasteiger partial charge in [-0.2, -0.15) is 0 Å². The van der Waals surface area contributed by atoms with E-state index >= 15 is 0 Å². The Kier molecular flexibility index (Phi) is 3.87. The van der Waals surface area contributed by atoms with Crippen LogP contribution in [0, 0.1) is 8.99 Å². The molecule has 1 aromatic rings. The molecule has 88 valence electrons. The van der Waals surface area contributed by atoms with Crippen molar-refractivity contribution < 1.29 is 5.11 Å². The van der Waals surface area contributed by atoms with Gasteiger partial charge in [0, 0.05) is 28.2 Å². The van der Waals surface area contributed by atoms with Gasteiger partial charge >= 0.3 is 0 Å². The molecule has 0 heterocycles. The van der Waals surface area contributed by atoms with Crippen molar-refractivity contribution in [3.05, 3.63) is 33.4 Å². The molecule has 3 heteroatoms. The fourth-order valence-electron chi connectivity index (χ4n) is 1.81. The lowest BCUT2D eigenvalue weighted by Gasteiger charge is -2.18. The lowest BCUT2D eigenvalue weighted by atomic mass is 10.1. The Balaban J connectivity index is 1.88. The minimum absolute atomic E-state index is 0.192. The van der Waals surface area contributed by atoms with E-state index in [1.807, 2.05) is 0 Å². The summed E-state index contributed by atoms with van der Waals surface area (Å²) in [5, 5.41) is 12.7. The van der Waals surface area contributed by atoms with Crippen LogP contribution in [0.25, 0.3) is 0 Å². The smallest absolute Gasteiger partial charge is 0.0499 e. The molecule has 1 fully saturated rings. The highest BCUT2D eigenvalue weighted by molar-refractivity contribution is 14.1. The third-order valence-electron chi connectivity index (χ3n) is 3.45. The number of hydrogen-bond donors (Lipinski definition) is 2. The fourth-order valence-corrected chi connectivity index (χ4v) is 2.17. The second-order valence-corrected chi connectivity index (χ2v) is 6.06. The Morgan fingerprint density at radius 1 is 1.38 bits per heavy atom. The standard InChI is InChI=1S/C13H18INO/c1-10(11-2-4-12(14)5-3-11)15-8-13(9-16)6-7-13/h2-5,10,15-16H,6-9H2,1H3. The van der Waals surface area contributed by atoms with Crippen molar-refractivity contribution in [2.24, 2.45) is 5.41 Å². The van der Waals surface area contributed by atoms with E-state index in [1.165, 1.54) is 9.13 Å². The lowest BCUT2D eigenvalue weighted by Crippen LogP contribution is -2.28. The quantitative estimate of drug-likeness (QED) is 0.813. The maximum absolute atomic E-state index is 9.24. The molecule has 1 unspecified atom stereocenters. The van der Waals surface area contributed by atoms with Gasteiger partial charge in [0.25, 0.3) is 0 Å². The van der Waals surface area contributed by atoms with Gasteiger partial charge in [0.2, 0.25) is 0 Å². The number of nitrogens with one attached hydrogen (secondary N) is 1. The van der Waals surface area contributed by atoms with E-state index in [4.69, 9.17) is 0 Å². The zero-order valence-corrected chi connectivity index (χ0v) is 11.7. The van der Waals surface area contributed by atoms with Gasteiger partial charge in [-0.25, -0.2) is 0 Å². The predicted molar refractivity (Wildman–Crippen MR) is 74.3 cm³/mol. The van der Waals surface area contributed by atoms with E-state index < -0.39 is 0 Å². The van der Waals surface area contributed by atoms with Crippen LogP contribution in [0.1, 0.15) is 31.4 Å². The molecule has 2 N–H and O–H groups in total. The molecule has 1 atom stereocenters. The van der Waals surface area contributed by atoms with E-state index in [2.05, 4.69) is 59.1 Å². The predicted octanol–water partition coefficient (Wildman–Crippen LogP) is 2.71. The van der Waals surface area contributed by atoms with Gasteiger partial charge in [0.1, 0.15) is 0 Å². The fraction of sp³-hybridized carbons (Fsp3) is 0.538. The molecule has 1 aliphatic carbocycles. The molecule has 0 bridgehead atoms. The van der Waals surface area contributed by atoms with Crippen molar-refractivity contribution in [1.82, 2.24) is 5.32 Å². The van der Waals surface area contributed by atoms with Gasteiger partial charge in [0.15, 0.2) is 0 Å². The lowest BCUT2D eigenvalue weighted by molar-refractivity contribution is 0.204. The molecular formula is C13H18INO. The normalized spacial score (nSPS) is 19.4. The number of hydrogen-bond acceptors (Lipinski definition) is 2. The highest BCUT2D eigenvalue weighted by Crippen LogP contribution is 2.44. The van der Waals surface area contributed by atoms with Crippen LogP contribution < -0.4 is 5.32 Å². The maximum atomic E-state index is 9.24. The summed E-state index contributed by atoms with van der Waals surface area (Å²) in [7, 11) is 0. The molecule has 0 aromatic heterocycles. The molecule has 0 aliphatic heterocycles. The van der Waals surface area contributed by atoms with Crippen LogP contribution in [0.2, 0.25) is 0 Å². The molecule has 1 aliphatic rings. The molecule has 1 saturated carbocycles. The number of aliphatic hydroxyl groups excluding tert-OH is 1. The average molecular weight is 331 g/mol. The van der Waals surface area contributed by atoms with Crippen molar-refractivity contribution in [1.29, 1.82) is 0 Å². The number of aliphatic hydroxyl groups is 1. The second kappa shape index (κ2) is 5.02. The molecule has 16 heavy (non-hydrogen) atoms. The van der Waals surface area contributed by atoms with Crippen molar-refractivity contribution in [2.45, 2.75) is 25.8 Å². The van der Waals surface area contributed by atoms with E-state index in [1.54, 1.807) is 0 Å². The van der Waals surface area contributed by atoms with Crippen LogP contribution >= 0.6 is 22.6 Å². The summed E-state index contributed by atoms with van der Waals surface area (Å²) >= 11 is 2.32. The SMILES string of the molecule is CC(NCC1(CO)CC1)c1ccc(I)cc1. The van der Waals surface area contributed by atoms with Gasteiger partial charge in [-0.3, -0.25) is 0 Å². The Labute approximate surface area is 111 Å². The molecule has 0 saturated heterocycles. The Bertz CT molecular complexity index is 345. The molecule has 0 radical (unpaired) electrons. The first-order valence-corrected chi connectivity index (χ1v) is 6.83. The van der Waals surface area contributed by atoms with Crippen molar-refractivity contribution in [3.63, 3.8) is 0 Å². The first-order valence-electron chi connectivity index (χ1n) is 5.75. The molecule has 2 nitrogen and oxygen atoms in total. The summed E-state index contributed by atoms with van der Waals surface area (Å²) in [4.78, 5) is 0. The zero-order chi connectivity index (χ0) is 11.6. The third kappa shape index (κ3) is 2.96. The molecular weight excluding hydrogens is 313 g/mol. The van der Waals surface area contributed by atoms with E-state index in [-0.39, 0.29) is 5.41 Å². The Hall–Kier alpha value is -0.130. The maximum Gasteiger partial charge on any atom is 0.0499 e. The van der Waals surface area contributed by atoms with E-state index in [9.17, 15) is 5.11 Å². The summed E-state index contributed by atoms with van der Waals surface area (Å²) in [6, 6.07) is 8.96. The average Bonchev–Trinajstić information content (AvgIpc) is 3.08. The van der Waals surface area contributed by atoms with Crippen molar-refractivity contribution in [3.8, 4) is 0 Å². The minimum atomic E-state index is 0.192. The zero-order valence-electron chi connectivity index (χ0n) is 9.54. The van der Waals surface area contributed by atoms with Crippen LogP contribution in [0.5, 0.6) is 0 Å². The topological polar surface area (TPSA) is 32.3 Å². The summed E-state index contributed by atoms with van der Waals surface area (Å²) in [6.07, 6.45) is 2.33. The van der Waals surface area contributed by atoms with Crippen molar-refractivity contribution in [2.75, 3.05) is 13.2 Å². The van der Waals surface area contributed by atoms with E-state index in [0.29, 0.717) is 12.6 Å². The van der Waals surface area contributed by atoms with Crippen LogP contribution in [0.15, 0.2) is 24.3 Å². The van der Waals surface area contributed by atoms with Gasteiger partial charge in [-0.05, 0) is 60.1 Å². The Morgan fingerprint density at radius 2 is 2.00 bits per heavy atom. The summed E-state index contributed by atoms with van der Waals surface area (Å²) in [5.41, 5.74) is 1.51. The molecule has 0 amide bonds. The first kappa shape index (κ1) is 12.3. The van der Waals surface area contributed by atoms with Gasteiger partial charge < -0.3 is 10.4 Å². The van der Waals surface area contributed by atoms with Gasteiger partial charge in [-0.1, -0.05) is 12.1 Å². The van der Waals surface area contributed by atoms with Gasteiger partial charge in [-0.15, -0.1) is 0 Å². The number of halogens is 1. The summed E-state index contributed by atoms with van der Waals surface area (Å²) < 4.78 is 1.27. The number of benzene rings is 1. The minimum Gasteiger partial charge on any atom is -0.396 e. The third-order valence-corrected chi connectivity index (χ3v) is 4.16. The van der Waals surface area contributed by atoms with Crippen LogP contribution in [-0.2, 0) is 0 Å². The Morgan fingerprint density at radius 3 is 2.50 bits per heavy atom. The van der Waals surface area contributed by atoms with E-state index in [0.717, 1.165) is 19.4 Å². The summed E-state index contributed by atoms with van der Waals surface area (Å²) in [6.45, 7) is 3.42. The second-order valence-electron chi connectivity index (χ2n) is 4.81. The van der Waals surface area contributed by atoms with Gasteiger partial charge in [0.05, 0.1) is 0 Å². The highest BCUT2D eigenvalue weighted by Gasteiger charge is 2.41. The molecule has 2 rings (SSSR count). The summed E-state index contributed by atoms with van der Waals surface area (Å²) in [5.74, 6) is 0. The molecule has 0 spiro atoms. The largest absolute Gasteiger partial charge is 0.396 e. The highest BCUT2D eigenvalue weighted by atomic mass is 127. The number of rotatable bonds is 5. The first-order chi connectivity index (χ1) is 7.65. The van der Waals surface area contributed by atoms with Crippen LogP contribution in [-0.4, -0.2) is 18.3 Å². The monoisotopic (exact) mass is 331 g/mol. The van der Waals surface area contributed by atoms with Crippen LogP contribution in [0.4, 0.5) is 0 Å².